The molecule has 4 nitrogen and oxygen atoms in total. The van der Waals surface area contributed by atoms with Crippen LogP contribution in [0.15, 0.2) is 35.1 Å². The van der Waals surface area contributed by atoms with Gasteiger partial charge in [0.2, 0.25) is 0 Å². The molecule has 0 radical (unpaired) electrons. The third-order valence-corrected chi connectivity index (χ3v) is 4.14. The summed E-state index contributed by atoms with van der Waals surface area (Å²) < 4.78 is 0.869. The molecule has 21 heavy (non-hydrogen) atoms. The van der Waals surface area contributed by atoms with E-state index in [0.29, 0.717) is 6.54 Å². The summed E-state index contributed by atoms with van der Waals surface area (Å²) in [6, 6.07) is 7.83. The number of benzene rings is 1. The Kier molecular flexibility index (Phi) is 5.82. The van der Waals surface area contributed by atoms with Crippen molar-refractivity contribution >= 4 is 39.2 Å². The van der Waals surface area contributed by atoms with Crippen LogP contribution in [0.4, 0.5) is 11.6 Å². The van der Waals surface area contributed by atoms with E-state index in [1.807, 2.05) is 36.2 Å². The molecule has 0 atom stereocenters. The lowest BCUT2D eigenvalue weighted by atomic mass is 10.2. The summed E-state index contributed by atoms with van der Waals surface area (Å²) in [5.41, 5.74) is 1.07. The quantitative estimate of drug-likeness (QED) is 0.822. The van der Waals surface area contributed by atoms with E-state index in [0.717, 1.165) is 39.7 Å². The van der Waals surface area contributed by atoms with Gasteiger partial charge in [-0.15, -0.1) is 0 Å². The van der Waals surface area contributed by atoms with Gasteiger partial charge in [-0.05, 0) is 34.0 Å². The topological polar surface area (TPSA) is 41.1 Å². The number of nitrogens with zero attached hydrogens (tertiary/aromatic N) is 3. The predicted molar refractivity (Wildman–Crippen MR) is 92.1 cm³/mol. The van der Waals surface area contributed by atoms with Crippen molar-refractivity contribution in [1.82, 2.24) is 9.97 Å². The van der Waals surface area contributed by atoms with E-state index < -0.39 is 0 Å². The molecule has 1 N–H and O–H groups in total. The van der Waals surface area contributed by atoms with Gasteiger partial charge in [0, 0.05) is 25.2 Å². The number of nitrogens with one attached hydrogen (secondary N) is 1. The Balaban J connectivity index is 2.19. The molecular formula is C15H18BrClN4. The second-order valence-electron chi connectivity index (χ2n) is 4.73. The molecule has 0 amide bonds. The highest BCUT2D eigenvalue weighted by Gasteiger charge is 2.13. The van der Waals surface area contributed by atoms with Crippen LogP contribution < -0.4 is 10.2 Å². The van der Waals surface area contributed by atoms with Gasteiger partial charge in [-0.2, -0.15) is 0 Å². The van der Waals surface area contributed by atoms with Gasteiger partial charge < -0.3 is 10.2 Å². The lowest BCUT2D eigenvalue weighted by molar-refractivity contribution is 0.883. The maximum atomic E-state index is 6.21. The van der Waals surface area contributed by atoms with Gasteiger partial charge in [0.1, 0.15) is 22.4 Å². The maximum Gasteiger partial charge on any atom is 0.148 e. The Hall–Kier alpha value is -1.33. The number of anilines is 2. The molecule has 2 aromatic rings. The van der Waals surface area contributed by atoms with Crippen LogP contribution in [0.5, 0.6) is 0 Å². The van der Waals surface area contributed by atoms with Crippen LogP contribution in [-0.4, -0.2) is 23.6 Å². The lowest BCUT2D eigenvalue weighted by Crippen LogP contribution is -2.19. The molecule has 0 aliphatic carbocycles. The third kappa shape index (κ3) is 4.08. The van der Waals surface area contributed by atoms with Gasteiger partial charge in [0.25, 0.3) is 0 Å². The van der Waals surface area contributed by atoms with Gasteiger partial charge in [-0.3, -0.25) is 0 Å². The van der Waals surface area contributed by atoms with Gasteiger partial charge >= 0.3 is 0 Å². The fraction of sp³-hybridized carbons (Fsp3) is 0.333. The highest BCUT2D eigenvalue weighted by atomic mass is 79.9. The Bertz CT molecular complexity index is 606. The minimum absolute atomic E-state index is 0.683. The van der Waals surface area contributed by atoms with Gasteiger partial charge in [0.05, 0.1) is 0 Å². The first-order valence-electron chi connectivity index (χ1n) is 6.82. The van der Waals surface area contributed by atoms with Crippen molar-refractivity contribution in [3.05, 3.63) is 45.7 Å². The van der Waals surface area contributed by atoms with Crippen molar-refractivity contribution in [2.75, 3.05) is 23.8 Å². The maximum absolute atomic E-state index is 6.21. The first-order chi connectivity index (χ1) is 10.1. The molecule has 2 rings (SSSR count). The summed E-state index contributed by atoms with van der Waals surface area (Å²) in [7, 11) is 1.99. The summed E-state index contributed by atoms with van der Waals surface area (Å²) in [5, 5.41) is 4.05. The molecule has 6 heteroatoms. The van der Waals surface area contributed by atoms with Gasteiger partial charge in [-0.1, -0.05) is 36.7 Å². The van der Waals surface area contributed by atoms with Crippen LogP contribution in [-0.2, 0) is 6.54 Å². The zero-order valence-electron chi connectivity index (χ0n) is 12.1. The highest BCUT2D eigenvalue weighted by Crippen LogP contribution is 2.30. The standard InChI is InChI=1S/C15H18BrClN4/c1-3-8-18-14-13(16)15(20-10-19-14)21(2)9-11-6-4-5-7-12(11)17/h4-7,10H,3,8-9H2,1-2H3,(H,18,19,20). The van der Waals surface area contributed by atoms with Crippen LogP contribution in [0, 0.1) is 0 Å². The smallest absolute Gasteiger partial charge is 0.148 e. The van der Waals surface area contributed by atoms with Crippen molar-refractivity contribution in [2.24, 2.45) is 0 Å². The zero-order chi connectivity index (χ0) is 15.2. The van der Waals surface area contributed by atoms with E-state index in [1.165, 1.54) is 0 Å². The van der Waals surface area contributed by atoms with E-state index in [-0.39, 0.29) is 0 Å². The molecule has 0 saturated heterocycles. The zero-order valence-corrected chi connectivity index (χ0v) is 14.4. The fourth-order valence-electron chi connectivity index (χ4n) is 1.95. The summed E-state index contributed by atoms with van der Waals surface area (Å²) >= 11 is 9.79. The second kappa shape index (κ2) is 7.61. The van der Waals surface area contributed by atoms with Crippen molar-refractivity contribution in [3.8, 4) is 0 Å². The van der Waals surface area contributed by atoms with Crippen LogP contribution in [0.2, 0.25) is 5.02 Å². The summed E-state index contributed by atoms with van der Waals surface area (Å²) in [6.07, 6.45) is 2.61. The van der Waals surface area contributed by atoms with Gasteiger partial charge in [-0.25, -0.2) is 9.97 Å². The van der Waals surface area contributed by atoms with E-state index in [1.54, 1.807) is 6.33 Å². The molecule has 0 aliphatic rings. The molecule has 112 valence electrons. The average molecular weight is 370 g/mol. The van der Waals surface area contributed by atoms with Crippen LogP contribution in [0.3, 0.4) is 0 Å². The molecule has 1 aromatic heterocycles. The van der Waals surface area contributed by atoms with Crippen molar-refractivity contribution in [2.45, 2.75) is 19.9 Å². The first-order valence-corrected chi connectivity index (χ1v) is 7.99. The number of rotatable bonds is 6. The Morgan fingerprint density at radius 1 is 1.29 bits per heavy atom. The molecule has 0 aliphatic heterocycles. The minimum Gasteiger partial charge on any atom is -0.369 e. The SMILES string of the molecule is CCCNc1ncnc(N(C)Cc2ccccc2Cl)c1Br. The highest BCUT2D eigenvalue weighted by molar-refractivity contribution is 9.10. The molecule has 0 fully saturated rings. The largest absolute Gasteiger partial charge is 0.369 e. The number of halogens is 2. The minimum atomic E-state index is 0.683. The fourth-order valence-corrected chi connectivity index (χ4v) is 2.79. The van der Waals surface area contributed by atoms with Gasteiger partial charge in [0.15, 0.2) is 0 Å². The van der Waals surface area contributed by atoms with E-state index in [2.05, 4.69) is 38.1 Å². The molecule has 1 heterocycles. The molecule has 0 bridgehead atoms. The van der Waals surface area contributed by atoms with Crippen LogP contribution in [0.1, 0.15) is 18.9 Å². The lowest BCUT2D eigenvalue weighted by Gasteiger charge is -2.21. The Labute approximate surface area is 138 Å². The van der Waals surface area contributed by atoms with Crippen LogP contribution >= 0.6 is 27.5 Å². The Morgan fingerprint density at radius 2 is 2.05 bits per heavy atom. The molecule has 0 unspecified atom stereocenters. The molecule has 0 spiro atoms. The first kappa shape index (κ1) is 16.0. The van der Waals surface area contributed by atoms with Crippen LogP contribution in [0.25, 0.3) is 0 Å². The number of aromatic nitrogens is 2. The monoisotopic (exact) mass is 368 g/mol. The summed E-state index contributed by atoms with van der Waals surface area (Å²) in [6.45, 7) is 3.68. The van der Waals surface area contributed by atoms with E-state index in [4.69, 9.17) is 11.6 Å². The third-order valence-electron chi connectivity index (χ3n) is 3.04. The Morgan fingerprint density at radius 3 is 2.76 bits per heavy atom. The van der Waals surface area contributed by atoms with E-state index in [9.17, 15) is 0 Å². The summed E-state index contributed by atoms with van der Waals surface area (Å²) in [4.78, 5) is 10.7. The summed E-state index contributed by atoms with van der Waals surface area (Å²) in [5.74, 6) is 1.65. The normalized spacial score (nSPS) is 10.5. The van der Waals surface area contributed by atoms with Crippen molar-refractivity contribution < 1.29 is 0 Å². The molecule has 0 saturated carbocycles. The van der Waals surface area contributed by atoms with E-state index >= 15 is 0 Å². The average Bonchev–Trinajstić information content (AvgIpc) is 2.48. The number of hydrogen-bond donors (Lipinski definition) is 1. The number of hydrogen-bond acceptors (Lipinski definition) is 4. The van der Waals surface area contributed by atoms with Crippen molar-refractivity contribution in [3.63, 3.8) is 0 Å². The second-order valence-corrected chi connectivity index (χ2v) is 5.93. The molecule has 1 aromatic carbocycles. The predicted octanol–water partition coefficient (Wildman–Crippen LogP) is 4.35. The van der Waals surface area contributed by atoms with Crippen molar-refractivity contribution in [1.29, 1.82) is 0 Å². The molecular weight excluding hydrogens is 352 g/mol.